The summed E-state index contributed by atoms with van der Waals surface area (Å²) in [7, 11) is 0. The molecule has 150 valence electrons. The van der Waals surface area contributed by atoms with E-state index in [4.69, 9.17) is 26.7 Å². The van der Waals surface area contributed by atoms with Crippen molar-refractivity contribution in [2.24, 2.45) is 11.5 Å². The van der Waals surface area contributed by atoms with Crippen molar-refractivity contribution in [1.29, 1.82) is 10.8 Å². The smallest absolute Gasteiger partial charge is 0.314 e. The summed E-state index contributed by atoms with van der Waals surface area (Å²) >= 11 is 0. The minimum absolute atomic E-state index is 0.0158. The molecule has 1 atom stereocenters. The molecule has 0 aliphatic carbocycles. The third-order valence-electron chi connectivity index (χ3n) is 5.14. The lowest BCUT2D eigenvalue weighted by Crippen LogP contribution is -2.13. The standard InChI is InChI=1S/C23H20N4O3/c24-21(25)14-4-3-13-2-1-12(7-16(13)9-14)8-18(23(28)29)20-11-17-10-15(22(26)27)5-6-19(17)30-20/h1-7,9-11,18H,8H2,(H3,24,25)(H3,26,27)(H,28,29). The molecule has 1 unspecified atom stereocenters. The first-order chi connectivity index (χ1) is 14.3. The highest BCUT2D eigenvalue weighted by Gasteiger charge is 2.24. The first kappa shape index (κ1) is 19.2. The second kappa shape index (κ2) is 7.36. The number of aliphatic carboxylic acids is 1. The van der Waals surface area contributed by atoms with Gasteiger partial charge in [-0.2, -0.15) is 0 Å². The van der Waals surface area contributed by atoms with E-state index in [1.165, 1.54) is 0 Å². The Balaban J connectivity index is 1.70. The molecular weight excluding hydrogens is 380 g/mol. The van der Waals surface area contributed by atoms with Gasteiger partial charge in [-0.15, -0.1) is 0 Å². The summed E-state index contributed by atoms with van der Waals surface area (Å²) in [6, 6.07) is 18.0. The molecule has 0 saturated heterocycles. The highest BCUT2D eigenvalue weighted by atomic mass is 16.4. The lowest BCUT2D eigenvalue weighted by Gasteiger charge is -2.11. The van der Waals surface area contributed by atoms with Crippen LogP contribution < -0.4 is 11.5 Å². The second-order valence-electron chi connectivity index (χ2n) is 7.22. The van der Waals surface area contributed by atoms with Gasteiger partial charge in [0.15, 0.2) is 0 Å². The van der Waals surface area contributed by atoms with E-state index in [0.29, 0.717) is 27.9 Å². The van der Waals surface area contributed by atoms with Crippen molar-refractivity contribution in [3.63, 3.8) is 0 Å². The van der Waals surface area contributed by atoms with Gasteiger partial charge in [-0.25, -0.2) is 0 Å². The predicted octanol–water partition coefficient (Wildman–Crippen LogP) is 3.57. The number of furan rings is 1. The van der Waals surface area contributed by atoms with Gasteiger partial charge < -0.3 is 21.0 Å². The van der Waals surface area contributed by atoms with Gasteiger partial charge in [0, 0.05) is 16.5 Å². The highest BCUT2D eigenvalue weighted by Crippen LogP contribution is 2.30. The van der Waals surface area contributed by atoms with E-state index in [2.05, 4.69) is 0 Å². The quantitative estimate of drug-likeness (QED) is 0.248. The number of fused-ring (bicyclic) bond motifs is 2. The van der Waals surface area contributed by atoms with Crippen molar-refractivity contribution in [3.05, 3.63) is 83.1 Å². The topological polar surface area (TPSA) is 150 Å². The fourth-order valence-corrected chi connectivity index (χ4v) is 3.54. The molecule has 30 heavy (non-hydrogen) atoms. The Hall–Kier alpha value is -4.13. The van der Waals surface area contributed by atoms with E-state index in [-0.39, 0.29) is 18.1 Å². The Morgan fingerprint density at radius 1 is 0.867 bits per heavy atom. The number of amidine groups is 2. The van der Waals surface area contributed by atoms with Gasteiger partial charge in [0.05, 0.1) is 0 Å². The van der Waals surface area contributed by atoms with Crippen LogP contribution in [0.4, 0.5) is 0 Å². The van der Waals surface area contributed by atoms with Crippen molar-refractivity contribution >= 4 is 39.4 Å². The summed E-state index contributed by atoms with van der Waals surface area (Å²) < 4.78 is 5.80. The van der Waals surface area contributed by atoms with Gasteiger partial charge >= 0.3 is 5.97 Å². The Morgan fingerprint density at radius 2 is 1.50 bits per heavy atom. The van der Waals surface area contributed by atoms with Crippen LogP contribution in [0.5, 0.6) is 0 Å². The zero-order valence-corrected chi connectivity index (χ0v) is 16.0. The zero-order chi connectivity index (χ0) is 21.4. The molecule has 1 aromatic heterocycles. The first-order valence-corrected chi connectivity index (χ1v) is 9.29. The molecule has 0 aliphatic rings. The van der Waals surface area contributed by atoms with E-state index < -0.39 is 11.9 Å². The normalized spacial score (nSPS) is 12.1. The molecule has 0 saturated carbocycles. The molecule has 0 spiro atoms. The molecule has 7 nitrogen and oxygen atoms in total. The highest BCUT2D eigenvalue weighted by molar-refractivity contribution is 5.99. The third-order valence-corrected chi connectivity index (χ3v) is 5.14. The molecular formula is C23H20N4O3. The molecule has 0 radical (unpaired) electrons. The number of carboxylic acid groups (broad SMARTS) is 1. The van der Waals surface area contributed by atoms with Gasteiger partial charge in [0.1, 0.15) is 28.9 Å². The average molecular weight is 400 g/mol. The van der Waals surface area contributed by atoms with Crippen LogP contribution in [0.3, 0.4) is 0 Å². The summed E-state index contributed by atoms with van der Waals surface area (Å²) in [4.78, 5) is 12.0. The van der Waals surface area contributed by atoms with Gasteiger partial charge in [-0.3, -0.25) is 15.6 Å². The van der Waals surface area contributed by atoms with Gasteiger partial charge in [0.25, 0.3) is 0 Å². The van der Waals surface area contributed by atoms with Crippen LogP contribution in [0.2, 0.25) is 0 Å². The fraction of sp³-hybridized carbons (Fsp3) is 0.0870. The van der Waals surface area contributed by atoms with E-state index >= 15 is 0 Å². The van der Waals surface area contributed by atoms with E-state index in [1.54, 1.807) is 30.3 Å². The maximum absolute atomic E-state index is 12.0. The molecule has 3 aromatic carbocycles. The van der Waals surface area contributed by atoms with Crippen LogP contribution >= 0.6 is 0 Å². The Kier molecular flexibility index (Phi) is 4.71. The van der Waals surface area contributed by atoms with Crippen molar-refractivity contribution in [3.8, 4) is 0 Å². The monoisotopic (exact) mass is 400 g/mol. The number of carboxylic acids is 1. The van der Waals surface area contributed by atoms with Crippen LogP contribution in [-0.4, -0.2) is 22.7 Å². The lowest BCUT2D eigenvalue weighted by molar-refractivity contribution is -0.139. The Labute approximate surface area is 171 Å². The molecule has 7 heteroatoms. The van der Waals surface area contributed by atoms with Crippen LogP contribution in [0.15, 0.2) is 65.1 Å². The first-order valence-electron chi connectivity index (χ1n) is 9.29. The third kappa shape index (κ3) is 3.60. The van der Waals surface area contributed by atoms with Crippen molar-refractivity contribution in [2.75, 3.05) is 0 Å². The summed E-state index contributed by atoms with van der Waals surface area (Å²) in [5, 5.41) is 27.6. The van der Waals surface area contributed by atoms with Gasteiger partial charge in [-0.05, 0) is 53.1 Å². The molecule has 0 bridgehead atoms. The van der Waals surface area contributed by atoms with Crippen molar-refractivity contribution < 1.29 is 14.3 Å². The van der Waals surface area contributed by atoms with E-state index in [9.17, 15) is 9.90 Å². The van der Waals surface area contributed by atoms with Crippen molar-refractivity contribution in [1.82, 2.24) is 0 Å². The summed E-state index contributed by atoms with van der Waals surface area (Å²) in [5.74, 6) is -1.59. The molecule has 0 amide bonds. The number of hydrogen-bond acceptors (Lipinski definition) is 4. The number of nitrogen functional groups attached to an aromatic ring is 2. The summed E-state index contributed by atoms with van der Waals surface area (Å²) in [5.41, 5.74) is 13.7. The largest absolute Gasteiger partial charge is 0.481 e. The van der Waals surface area contributed by atoms with Crippen LogP contribution in [0, 0.1) is 10.8 Å². The SMILES string of the molecule is N=C(N)c1ccc2ccc(CC(C(=O)O)c3cc4cc(C(=N)N)ccc4o3)cc2c1. The number of rotatable bonds is 6. The fourth-order valence-electron chi connectivity index (χ4n) is 3.54. The van der Waals surface area contributed by atoms with Crippen LogP contribution in [-0.2, 0) is 11.2 Å². The minimum Gasteiger partial charge on any atom is -0.481 e. The van der Waals surface area contributed by atoms with Gasteiger partial charge in [0.2, 0.25) is 0 Å². The summed E-state index contributed by atoms with van der Waals surface area (Å²) in [6.45, 7) is 0. The molecule has 7 N–H and O–H groups in total. The lowest BCUT2D eigenvalue weighted by atomic mass is 9.94. The Bertz CT molecular complexity index is 1320. The number of nitrogens with two attached hydrogens (primary N) is 2. The zero-order valence-electron chi connectivity index (χ0n) is 16.0. The maximum atomic E-state index is 12.0. The minimum atomic E-state index is -0.988. The average Bonchev–Trinajstić information content (AvgIpc) is 3.13. The second-order valence-corrected chi connectivity index (χ2v) is 7.22. The predicted molar refractivity (Wildman–Crippen MR) is 116 cm³/mol. The number of nitrogens with one attached hydrogen (secondary N) is 2. The molecule has 4 rings (SSSR count). The van der Waals surface area contributed by atoms with Crippen LogP contribution in [0.1, 0.15) is 28.4 Å². The van der Waals surface area contributed by atoms with Crippen LogP contribution in [0.25, 0.3) is 21.7 Å². The molecule has 0 fully saturated rings. The summed E-state index contributed by atoms with van der Waals surface area (Å²) in [6.07, 6.45) is 0.245. The van der Waals surface area contributed by atoms with Gasteiger partial charge in [-0.1, -0.05) is 30.3 Å². The number of carbonyl (C=O) groups is 1. The molecule has 1 heterocycles. The van der Waals surface area contributed by atoms with Crippen molar-refractivity contribution in [2.45, 2.75) is 12.3 Å². The Morgan fingerprint density at radius 3 is 2.17 bits per heavy atom. The van der Waals surface area contributed by atoms with E-state index in [0.717, 1.165) is 16.3 Å². The molecule has 4 aromatic rings. The van der Waals surface area contributed by atoms with E-state index in [1.807, 2.05) is 30.3 Å². The number of hydrogen-bond donors (Lipinski definition) is 5. The molecule has 0 aliphatic heterocycles. The maximum Gasteiger partial charge on any atom is 0.314 e. The number of benzene rings is 3.